The molecule has 0 amide bonds. The average Bonchev–Trinajstić information content (AvgIpc) is 2.79. The van der Waals surface area contributed by atoms with Crippen LogP contribution in [0.1, 0.15) is 31.2 Å². The van der Waals surface area contributed by atoms with Crippen molar-refractivity contribution in [2.24, 2.45) is 5.73 Å². The largest absolute Gasteiger partial charge is 0.377 e. The Bertz CT molecular complexity index is 384. The molecule has 0 aromatic heterocycles. The molecule has 1 saturated carbocycles. The minimum atomic E-state index is 0.358. The van der Waals surface area contributed by atoms with E-state index in [4.69, 9.17) is 10.5 Å². The third kappa shape index (κ3) is 2.90. The van der Waals surface area contributed by atoms with Crippen LogP contribution in [-0.4, -0.2) is 24.0 Å². The van der Waals surface area contributed by atoms with Crippen molar-refractivity contribution in [3.63, 3.8) is 0 Å². The van der Waals surface area contributed by atoms with Gasteiger partial charge in [0.1, 0.15) is 0 Å². The maximum Gasteiger partial charge on any atom is 0.0595 e. The Labute approximate surface area is 113 Å². The number of fused-ring (bicyclic) bond motifs is 1. The topological polar surface area (TPSA) is 35.2 Å². The van der Waals surface area contributed by atoms with E-state index in [0.29, 0.717) is 17.4 Å². The number of hydrogen-bond acceptors (Lipinski definition) is 3. The molecule has 1 fully saturated rings. The van der Waals surface area contributed by atoms with Crippen LogP contribution in [0.3, 0.4) is 0 Å². The predicted molar refractivity (Wildman–Crippen MR) is 76.0 cm³/mol. The third-order valence-corrected chi connectivity index (χ3v) is 5.19. The summed E-state index contributed by atoms with van der Waals surface area (Å²) in [6.07, 6.45) is 6.19. The molecule has 98 valence electrons. The van der Waals surface area contributed by atoms with E-state index in [-0.39, 0.29) is 0 Å². The van der Waals surface area contributed by atoms with Crippen LogP contribution in [0.15, 0.2) is 29.2 Å². The molecule has 18 heavy (non-hydrogen) atoms. The Kier molecular flexibility index (Phi) is 3.92. The average molecular weight is 263 g/mol. The second-order valence-electron chi connectivity index (χ2n) is 5.43. The molecule has 1 heterocycles. The second-order valence-corrected chi connectivity index (χ2v) is 6.78. The maximum absolute atomic E-state index is 6.07. The van der Waals surface area contributed by atoms with Gasteiger partial charge in [0.05, 0.1) is 12.7 Å². The zero-order valence-electron chi connectivity index (χ0n) is 10.7. The molecule has 3 atom stereocenters. The molecule has 2 N–H and O–H groups in total. The SMILES string of the molecule is NC1CCCC(OCC2Cc3ccccc3S2)C1. The lowest BCUT2D eigenvalue weighted by molar-refractivity contribution is 0.0248. The Morgan fingerprint density at radius 2 is 2.17 bits per heavy atom. The molecule has 1 aliphatic heterocycles. The molecule has 2 aliphatic rings. The monoisotopic (exact) mass is 263 g/mol. The van der Waals surface area contributed by atoms with Gasteiger partial charge >= 0.3 is 0 Å². The fraction of sp³-hybridized carbons (Fsp3) is 0.600. The van der Waals surface area contributed by atoms with E-state index in [1.54, 1.807) is 0 Å². The zero-order valence-corrected chi connectivity index (χ0v) is 11.5. The summed E-state index contributed by atoms with van der Waals surface area (Å²) in [6.45, 7) is 0.872. The summed E-state index contributed by atoms with van der Waals surface area (Å²) in [4.78, 5) is 1.44. The molecule has 0 saturated heterocycles. The summed E-state index contributed by atoms with van der Waals surface area (Å²) in [6, 6.07) is 9.06. The minimum Gasteiger partial charge on any atom is -0.377 e. The summed E-state index contributed by atoms with van der Waals surface area (Å²) in [7, 11) is 0. The summed E-state index contributed by atoms with van der Waals surface area (Å²) in [5, 5.41) is 0.598. The van der Waals surface area contributed by atoms with Crippen molar-refractivity contribution in [1.29, 1.82) is 0 Å². The van der Waals surface area contributed by atoms with E-state index in [0.717, 1.165) is 19.4 Å². The van der Waals surface area contributed by atoms with Gasteiger partial charge in [-0.2, -0.15) is 0 Å². The van der Waals surface area contributed by atoms with Gasteiger partial charge in [0.25, 0.3) is 0 Å². The standard InChI is InChI=1S/C15H21NOS/c16-12-5-3-6-13(9-12)17-10-14-8-11-4-1-2-7-15(11)18-14/h1-2,4,7,12-14H,3,5-6,8-10,16H2. The Morgan fingerprint density at radius 3 is 3.00 bits per heavy atom. The molecule has 1 aromatic rings. The molecule has 2 nitrogen and oxygen atoms in total. The molecule has 1 aliphatic carbocycles. The van der Waals surface area contributed by atoms with Gasteiger partial charge in [-0.3, -0.25) is 0 Å². The van der Waals surface area contributed by atoms with Crippen LogP contribution >= 0.6 is 11.8 Å². The Morgan fingerprint density at radius 1 is 1.28 bits per heavy atom. The smallest absolute Gasteiger partial charge is 0.0595 e. The first-order chi connectivity index (χ1) is 8.81. The first-order valence-corrected chi connectivity index (χ1v) is 7.81. The van der Waals surface area contributed by atoms with Gasteiger partial charge in [-0.15, -0.1) is 11.8 Å². The second kappa shape index (κ2) is 5.64. The number of hydrogen-bond donors (Lipinski definition) is 1. The van der Waals surface area contributed by atoms with Crippen LogP contribution in [-0.2, 0) is 11.2 Å². The van der Waals surface area contributed by atoms with E-state index in [2.05, 4.69) is 24.3 Å². The molecule has 0 bridgehead atoms. The highest BCUT2D eigenvalue weighted by Gasteiger charge is 2.25. The van der Waals surface area contributed by atoms with Gasteiger partial charge in [-0.05, 0) is 43.7 Å². The van der Waals surface area contributed by atoms with Gasteiger partial charge in [0, 0.05) is 16.2 Å². The molecular weight excluding hydrogens is 242 g/mol. The number of nitrogens with two attached hydrogens (primary N) is 1. The first-order valence-electron chi connectivity index (χ1n) is 6.93. The van der Waals surface area contributed by atoms with E-state index >= 15 is 0 Å². The van der Waals surface area contributed by atoms with Crippen molar-refractivity contribution in [2.45, 2.75) is 54.4 Å². The predicted octanol–water partition coefficient (Wildman–Crippen LogP) is 2.99. The van der Waals surface area contributed by atoms with E-state index in [1.807, 2.05) is 11.8 Å². The van der Waals surface area contributed by atoms with Crippen LogP contribution in [0.25, 0.3) is 0 Å². The number of rotatable bonds is 3. The van der Waals surface area contributed by atoms with Crippen molar-refractivity contribution >= 4 is 11.8 Å². The van der Waals surface area contributed by atoms with Crippen molar-refractivity contribution in [3.8, 4) is 0 Å². The molecule has 0 spiro atoms. The Hall–Kier alpha value is -0.510. The highest BCUT2D eigenvalue weighted by molar-refractivity contribution is 8.00. The molecular formula is C15H21NOS. The van der Waals surface area contributed by atoms with Crippen LogP contribution < -0.4 is 5.73 Å². The van der Waals surface area contributed by atoms with Crippen molar-refractivity contribution in [2.75, 3.05) is 6.61 Å². The van der Waals surface area contributed by atoms with Gasteiger partial charge in [-0.25, -0.2) is 0 Å². The fourth-order valence-electron chi connectivity index (χ4n) is 2.92. The van der Waals surface area contributed by atoms with E-state index < -0.39 is 0 Å². The lowest BCUT2D eigenvalue weighted by Crippen LogP contribution is -2.33. The van der Waals surface area contributed by atoms with E-state index in [9.17, 15) is 0 Å². The number of benzene rings is 1. The van der Waals surface area contributed by atoms with Crippen molar-refractivity contribution in [1.82, 2.24) is 0 Å². The van der Waals surface area contributed by atoms with Crippen LogP contribution in [0.2, 0.25) is 0 Å². The summed E-state index contributed by atoms with van der Waals surface area (Å²) in [5.41, 5.74) is 7.48. The van der Waals surface area contributed by atoms with Crippen molar-refractivity contribution < 1.29 is 4.74 Å². The molecule has 3 unspecified atom stereocenters. The van der Waals surface area contributed by atoms with Crippen LogP contribution in [0.5, 0.6) is 0 Å². The van der Waals surface area contributed by atoms with Crippen LogP contribution in [0.4, 0.5) is 0 Å². The number of ether oxygens (including phenoxy) is 1. The minimum absolute atomic E-state index is 0.358. The highest BCUT2D eigenvalue weighted by atomic mass is 32.2. The quantitative estimate of drug-likeness (QED) is 0.910. The molecule has 0 radical (unpaired) electrons. The third-order valence-electron chi connectivity index (χ3n) is 3.90. The lowest BCUT2D eigenvalue weighted by Gasteiger charge is -2.27. The van der Waals surface area contributed by atoms with E-state index in [1.165, 1.54) is 29.7 Å². The molecule has 3 heteroatoms. The maximum atomic E-state index is 6.07. The first kappa shape index (κ1) is 12.5. The zero-order chi connectivity index (χ0) is 12.4. The summed E-state index contributed by atoms with van der Waals surface area (Å²) >= 11 is 1.97. The van der Waals surface area contributed by atoms with Gasteiger partial charge in [0.15, 0.2) is 0 Å². The van der Waals surface area contributed by atoms with Gasteiger partial charge < -0.3 is 10.5 Å². The molecule has 3 rings (SSSR count). The lowest BCUT2D eigenvalue weighted by atomic mass is 9.93. The van der Waals surface area contributed by atoms with Crippen LogP contribution in [0, 0.1) is 0 Å². The molecule has 1 aromatic carbocycles. The fourth-order valence-corrected chi connectivity index (χ4v) is 4.15. The van der Waals surface area contributed by atoms with Gasteiger partial charge in [0.2, 0.25) is 0 Å². The number of thioether (sulfide) groups is 1. The van der Waals surface area contributed by atoms with Crippen molar-refractivity contribution in [3.05, 3.63) is 29.8 Å². The summed E-state index contributed by atoms with van der Waals surface area (Å²) in [5.74, 6) is 0. The normalized spacial score (nSPS) is 31.3. The highest BCUT2D eigenvalue weighted by Crippen LogP contribution is 2.37. The summed E-state index contributed by atoms with van der Waals surface area (Å²) < 4.78 is 6.07. The van der Waals surface area contributed by atoms with Gasteiger partial charge in [-0.1, -0.05) is 18.2 Å². The Balaban J connectivity index is 1.48.